The van der Waals surface area contributed by atoms with Gasteiger partial charge < -0.3 is 9.80 Å². The molecule has 6 heteroatoms. The van der Waals surface area contributed by atoms with Crippen molar-refractivity contribution in [3.05, 3.63) is 30.1 Å². The zero-order valence-corrected chi connectivity index (χ0v) is 18.3. The molecule has 2 atom stereocenters. The van der Waals surface area contributed by atoms with Crippen LogP contribution in [0.2, 0.25) is 0 Å². The Morgan fingerprint density at radius 2 is 1.93 bits per heavy atom. The molecule has 3 heterocycles. The molecule has 0 radical (unpaired) electrons. The second-order valence-electron chi connectivity index (χ2n) is 8.22. The number of nitrogens with zero attached hydrogens (tertiary/aromatic N) is 4. The minimum Gasteiger partial charge on any atom is -0.366 e. The van der Waals surface area contributed by atoms with E-state index in [1.54, 1.807) is 0 Å². The zero-order valence-electron chi connectivity index (χ0n) is 16.1. The van der Waals surface area contributed by atoms with Crippen LogP contribution in [0.5, 0.6) is 0 Å². The predicted octanol–water partition coefficient (Wildman–Crippen LogP) is 5.09. The highest BCUT2D eigenvalue weighted by atomic mass is 127. The molecule has 2 unspecified atom stereocenters. The highest BCUT2D eigenvalue weighted by Crippen LogP contribution is 2.36. The van der Waals surface area contributed by atoms with Gasteiger partial charge in [-0.15, -0.1) is 0 Å². The Kier molecular flexibility index (Phi) is 5.90. The first-order valence-corrected chi connectivity index (χ1v) is 11.4. The predicted molar refractivity (Wildman–Crippen MR) is 118 cm³/mol. The molecule has 2 fully saturated rings. The number of hydrogen-bond acceptors (Lipinski definition) is 3. The number of rotatable bonds is 2. The van der Waals surface area contributed by atoms with Gasteiger partial charge in [0.2, 0.25) is 0 Å². The Balaban J connectivity index is 1.58. The normalized spacial score (nSPS) is 24.7. The fourth-order valence-corrected chi connectivity index (χ4v) is 5.20. The van der Waals surface area contributed by atoms with Crippen molar-refractivity contribution in [1.29, 1.82) is 0 Å². The third-order valence-electron chi connectivity index (χ3n) is 6.28. The first-order valence-electron chi connectivity index (χ1n) is 10.3. The maximum Gasteiger partial charge on any atom is 0.283 e. The summed E-state index contributed by atoms with van der Waals surface area (Å²) in [4.78, 5) is 15.9. The summed E-state index contributed by atoms with van der Waals surface area (Å²) < 4.78 is 2.21. The summed E-state index contributed by atoms with van der Waals surface area (Å²) in [5.74, 6) is 1.47. The molecule has 27 heavy (non-hydrogen) atoms. The number of carbonyl (C=O) groups is 1. The van der Waals surface area contributed by atoms with Crippen molar-refractivity contribution in [3.63, 3.8) is 0 Å². The van der Waals surface area contributed by atoms with Crippen LogP contribution in [0.25, 0.3) is 5.52 Å². The third-order valence-corrected chi connectivity index (χ3v) is 6.97. The number of anilines is 1. The van der Waals surface area contributed by atoms with Crippen molar-refractivity contribution in [2.75, 3.05) is 31.1 Å². The highest BCUT2D eigenvalue weighted by molar-refractivity contribution is 14.1. The number of fused-ring (bicyclic) bond motifs is 1. The van der Waals surface area contributed by atoms with E-state index < -0.39 is 0 Å². The van der Waals surface area contributed by atoms with Gasteiger partial charge in [0.15, 0.2) is 0 Å². The van der Waals surface area contributed by atoms with Crippen molar-refractivity contribution in [2.45, 2.75) is 51.4 Å². The lowest BCUT2D eigenvalue weighted by Crippen LogP contribution is -2.47. The molecule has 0 N–H and O–H groups in total. The number of hydrogen-bond donors (Lipinski definition) is 0. The van der Waals surface area contributed by atoms with Crippen molar-refractivity contribution < 1.29 is 4.79 Å². The Labute approximate surface area is 175 Å². The average Bonchev–Trinajstić information content (AvgIpc) is 3.08. The van der Waals surface area contributed by atoms with Gasteiger partial charge in [0.1, 0.15) is 0 Å². The molecule has 1 aliphatic heterocycles. The first kappa shape index (κ1) is 19.0. The molecule has 4 rings (SSSR count). The summed E-state index contributed by atoms with van der Waals surface area (Å²) in [6.45, 7) is 5.77. The molecular weight excluding hydrogens is 451 g/mol. The molecule has 2 aliphatic rings. The van der Waals surface area contributed by atoms with Gasteiger partial charge in [-0.25, -0.2) is 4.52 Å². The second kappa shape index (κ2) is 8.37. The monoisotopic (exact) mass is 480 g/mol. The lowest BCUT2D eigenvalue weighted by molar-refractivity contribution is 0.222. The van der Waals surface area contributed by atoms with Gasteiger partial charge in [-0.2, -0.15) is 5.10 Å². The van der Waals surface area contributed by atoms with E-state index in [0.717, 1.165) is 32.1 Å². The van der Waals surface area contributed by atoms with E-state index in [1.807, 2.05) is 33.7 Å². The maximum atomic E-state index is 11.6. The van der Waals surface area contributed by atoms with E-state index in [1.165, 1.54) is 55.3 Å². The molecule has 1 amide bonds. The van der Waals surface area contributed by atoms with Crippen LogP contribution in [0.15, 0.2) is 24.5 Å². The van der Waals surface area contributed by atoms with Crippen LogP contribution >= 0.6 is 22.6 Å². The van der Waals surface area contributed by atoms with E-state index >= 15 is 0 Å². The summed E-state index contributed by atoms with van der Waals surface area (Å²) >= 11 is 1.89. The van der Waals surface area contributed by atoms with E-state index in [9.17, 15) is 4.79 Å². The van der Waals surface area contributed by atoms with Gasteiger partial charge in [0, 0.05) is 61.2 Å². The quantitative estimate of drug-likeness (QED) is 0.342. The minimum absolute atomic E-state index is 0.149. The lowest BCUT2D eigenvalue weighted by atomic mass is 9.82. The maximum absolute atomic E-state index is 11.6. The van der Waals surface area contributed by atoms with E-state index in [-0.39, 0.29) is 3.91 Å². The van der Waals surface area contributed by atoms with E-state index in [0.29, 0.717) is 5.92 Å². The van der Waals surface area contributed by atoms with Gasteiger partial charge in [0.05, 0.1) is 11.2 Å². The Morgan fingerprint density at radius 3 is 2.70 bits per heavy atom. The summed E-state index contributed by atoms with van der Waals surface area (Å²) in [6.07, 6.45) is 12.2. The molecule has 5 nitrogen and oxygen atoms in total. The molecule has 1 saturated heterocycles. The summed E-state index contributed by atoms with van der Waals surface area (Å²) in [6, 6.07) is 4.50. The number of piperazine rings is 1. The number of carbonyl (C=O) groups excluding carboxylic acids is 1. The third kappa shape index (κ3) is 4.25. The first-order chi connectivity index (χ1) is 13.1. The minimum atomic E-state index is 0.149. The van der Waals surface area contributed by atoms with Crippen LogP contribution in [0.4, 0.5) is 10.5 Å². The van der Waals surface area contributed by atoms with Crippen LogP contribution in [-0.4, -0.2) is 44.6 Å². The largest absolute Gasteiger partial charge is 0.366 e. The van der Waals surface area contributed by atoms with Crippen molar-refractivity contribution in [3.8, 4) is 0 Å². The standard InChI is InChI=1S/C21H29IN4O/c1-16-5-3-2-4-6-17(13-16)18-14-20-19(7-8-23-26(20)15-18)24-9-11-25(12-10-24)21(22)27/h7-8,14-17H,2-6,9-13H2,1H3. The molecule has 0 bridgehead atoms. The van der Waals surface area contributed by atoms with Crippen molar-refractivity contribution in [2.24, 2.45) is 5.92 Å². The topological polar surface area (TPSA) is 40.8 Å². The number of amides is 1. The SMILES string of the molecule is CC1CCCCCC(c2cc3c(N4CCN(C(=O)I)CC4)ccnn3c2)C1. The molecule has 2 aromatic heterocycles. The van der Waals surface area contributed by atoms with Crippen LogP contribution in [0.1, 0.15) is 56.9 Å². The molecule has 1 aliphatic carbocycles. The van der Waals surface area contributed by atoms with Crippen molar-refractivity contribution in [1.82, 2.24) is 14.5 Å². The molecule has 0 aromatic carbocycles. The van der Waals surface area contributed by atoms with Crippen LogP contribution in [0, 0.1) is 5.92 Å². The smallest absolute Gasteiger partial charge is 0.283 e. The molecule has 146 valence electrons. The van der Waals surface area contributed by atoms with Gasteiger partial charge in [-0.05, 0) is 42.4 Å². The molecule has 2 aromatic rings. The van der Waals surface area contributed by atoms with Crippen molar-refractivity contribution >= 4 is 37.7 Å². The van der Waals surface area contributed by atoms with Gasteiger partial charge in [0.25, 0.3) is 3.91 Å². The van der Waals surface area contributed by atoms with E-state index in [4.69, 9.17) is 0 Å². The molecule has 1 saturated carbocycles. The van der Waals surface area contributed by atoms with Gasteiger partial charge in [-0.1, -0.05) is 32.6 Å². The number of aromatic nitrogens is 2. The fraction of sp³-hybridized carbons (Fsp3) is 0.619. The van der Waals surface area contributed by atoms with Crippen LogP contribution in [0.3, 0.4) is 0 Å². The lowest BCUT2D eigenvalue weighted by Gasteiger charge is -2.35. The summed E-state index contributed by atoms with van der Waals surface area (Å²) in [7, 11) is 0. The van der Waals surface area contributed by atoms with Gasteiger partial charge >= 0.3 is 0 Å². The molecule has 0 spiro atoms. The Morgan fingerprint density at radius 1 is 1.15 bits per heavy atom. The Bertz CT molecular complexity index is 797. The Hall–Kier alpha value is -1.31. The highest BCUT2D eigenvalue weighted by Gasteiger charge is 2.23. The molecular formula is C21H29IN4O. The summed E-state index contributed by atoms with van der Waals surface area (Å²) in [5.41, 5.74) is 3.90. The zero-order chi connectivity index (χ0) is 18.8. The van der Waals surface area contributed by atoms with E-state index in [2.05, 4.69) is 39.8 Å². The summed E-state index contributed by atoms with van der Waals surface area (Å²) in [5, 5.41) is 4.58. The average molecular weight is 480 g/mol. The number of halogens is 1. The second-order valence-corrected chi connectivity index (χ2v) is 9.15. The fourth-order valence-electron chi connectivity index (χ4n) is 4.72. The van der Waals surface area contributed by atoms with Crippen LogP contribution in [-0.2, 0) is 0 Å². The van der Waals surface area contributed by atoms with Crippen LogP contribution < -0.4 is 4.90 Å². The van der Waals surface area contributed by atoms with Gasteiger partial charge in [-0.3, -0.25) is 4.79 Å².